The summed E-state index contributed by atoms with van der Waals surface area (Å²) in [5.41, 5.74) is 0.444. The van der Waals surface area contributed by atoms with Crippen LogP contribution >= 0.6 is 34.8 Å². The third-order valence-corrected chi connectivity index (χ3v) is 9.36. The Kier molecular flexibility index (Phi) is 8.24. The molecule has 3 aliphatic rings. The number of benzene rings is 1. The van der Waals surface area contributed by atoms with Gasteiger partial charge in [-0.3, -0.25) is 18.7 Å². The van der Waals surface area contributed by atoms with Gasteiger partial charge in [-0.1, -0.05) is 53.0 Å². The number of esters is 1. The molecule has 2 heterocycles. The zero-order valence-electron chi connectivity index (χ0n) is 20.9. The summed E-state index contributed by atoms with van der Waals surface area (Å²) in [6, 6.07) is 6.19. The quantitative estimate of drug-likeness (QED) is 0.274. The number of carbonyl (C=O) groups is 4. The van der Waals surface area contributed by atoms with Crippen molar-refractivity contribution in [3.05, 3.63) is 30.3 Å². The predicted molar refractivity (Wildman–Crippen MR) is 142 cm³/mol. The first-order valence-electron chi connectivity index (χ1n) is 12.0. The zero-order chi connectivity index (χ0) is 28.0. The van der Waals surface area contributed by atoms with E-state index in [1.54, 1.807) is 44.2 Å². The van der Waals surface area contributed by atoms with Crippen LogP contribution in [0.25, 0.3) is 0 Å². The molecule has 4 rings (SSSR count). The van der Waals surface area contributed by atoms with E-state index in [0.29, 0.717) is 11.6 Å². The molecule has 0 spiro atoms. The van der Waals surface area contributed by atoms with E-state index in [-0.39, 0.29) is 6.10 Å². The van der Waals surface area contributed by atoms with Gasteiger partial charge >= 0.3 is 12.1 Å². The number of amides is 3. The topological polar surface area (TPSA) is 122 Å². The molecule has 3 amide bonds. The van der Waals surface area contributed by atoms with Crippen molar-refractivity contribution in [2.75, 3.05) is 18.1 Å². The first-order chi connectivity index (χ1) is 17.7. The van der Waals surface area contributed by atoms with Gasteiger partial charge in [0.25, 0.3) is 0 Å². The van der Waals surface area contributed by atoms with Crippen molar-refractivity contribution < 1.29 is 32.9 Å². The first-order valence-corrected chi connectivity index (χ1v) is 14.4. The maximum absolute atomic E-state index is 13.3. The molecular weight excluding hydrogens is 581 g/mol. The number of halogens is 3. The molecular formula is C24H28Cl3N3O7S. The van der Waals surface area contributed by atoms with Gasteiger partial charge in [-0.15, -0.1) is 0 Å². The maximum atomic E-state index is 13.3. The minimum atomic E-state index is -1.85. The summed E-state index contributed by atoms with van der Waals surface area (Å²) >= 11 is 17.0. The average Bonchev–Trinajstić information content (AvgIpc) is 3.67. The van der Waals surface area contributed by atoms with E-state index in [1.807, 2.05) is 6.92 Å². The number of nitrogens with zero attached hydrogens (tertiary/aromatic N) is 2. The lowest BCUT2D eigenvalue weighted by molar-refractivity contribution is -0.164. The van der Waals surface area contributed by atoms with Gasteiger partial charge in [-0.2, -0.15) is 0 Å². The molecule has 1 aromatic rings. The average molecular weight is 609 g/mol. The number of para-hydroxylation sites is 1. The number of carbonyl (C=O) groups excluding carboxylic acids is 4. The lowest BCUT2D eigenvalue weighted by Crippen LogP contribution is -2.72. The van der Waals surface area contributed by atoms with E-state index in [9.17, 15) is 23.4 Å². The Labute approximate surface area is 237 Å². The fourth-order valence-corrected chi connectivity index (χ4v) is 6.70. The molecule has 1 N–H and O–H groups in total. The lowest BCUT2D eigenvalue weighted by Gasteiger charge is -2.43. The normalized spacial score (nSPS) is 26.6. The number of fused-ring (bicyclic) bond motifs is 1. The van der Waals surface area contributed by atoms with Gasteiger partial charge < -0.3 is 19.7 Å². The maximum Gasteiger partial charge on any atom is 0.415 e. The molecule has 208 valence electrons. The molecule has 38 heavy (non-hydrogen) atoms. The summed E-state index contributed by atoms with van der Waals surface area (Å²) in [5.74, 6) is -1.81. The summed E-state index contributed by atoms with van der Waals surface area (Å²) < 4.78 is 20.9. The van der Waals surface area contributed by atoms with Crippen LogP contribution in [0.5, 0.6) is 0 Å². The highest BCUT2D eigenvalue weighted by atomic mass is 35.6. The van der Waals surface area contributed by atoms with Gasteiger partial charge in [-0.25, -0.2) is 9.59 Å². The molecule has 5 atom stereocenters. The third kappa shape index (κ3) is 5.90. The van der Waals surface area contributed by atoms with Crippen LogP contribution in [0.3, 0.4) is 0 Å². The lowest BCUT2D eigenvalue weighted by atomic mass is 9.96. The Morgan fingerprint density at radius 1 is 1.21 bits per heavy atom. The van der Waals surface area contributed by atoms with E-state index in [2.05, 4.69) is 5.32 Å². The number of hydrogen-bond donors (Lipinski definition) is 1. The molecule has 4 unspecified atom stereocenters. The van der Waals surface area contributed by atoms with Crippen LogP contribution in [-0.2, 0) is 34.7 Å². The van der Waals surface area contributed by atoms with Crippen LogP contribution in [0, 0.1) is 5.92 Å². The number of hydrogen-bond acceptors (Lipinski definition) is 7. The van der Waals surface area contributed by atoms with Crippen molar-refractivity contribution in [3.63, 3.8) is 0 Å². The van der Waals surface area contributed by atoms with Crippen LogP contribution in [0.1, 0.15) is 33.6 Å². The Balaban J connectivity index is 1.45. The smallest absolute Gasteiger partial charge is 0.415 e. The minimum Gasteiger partial charge on any atom is -0.460 e. The SMILES string of the molecule is CC(OC(=O)N(CC(=O)NC1C(=O)N2C(C(=O)OCC(Cl)(Cl)Cl)C(C)(C)S(=O)[C@@H]12)c1ccccc1)C1CC1. The molecule has 0 bridgehead atoms. The molecule has 3 fully saturated rings. The second-order valence-corrected chi connectivity index (χ2v) is 14.7. The number of β-lactam (4-membered cyclic amide) rings is 1. The van der Waals surface area contributed by atoms with Crippen molar-refractivity contribution >= 4 is 75.2 Å². The molecule has 2 aliphatic heterocycles. The third-order valence-electron chi connectivity index (χ3n) is 6.83. The van der Waals surface area contributed by atoms with Crippen molar-refractivity contribution in [3.8, 4) is 0 Å². The molecule has 1 saturated carbocycles. The van der Waals surface area contributed by atoms with E-state index in [4.69, 9.17) is 44.3 Å². The second kappa shape index (κ2) is 10.8. The standard InChI is InChI=1S/C24H28Cl3N3O7S/c1-13(14-9-10-14)37-22(34)29(15-7-5-4-6-8-15)11-16(31)28-17-19(32)30-18(21(33)36-12-24(25,26)27)23(2,3)38(35)20(17)30/h4-8,13-14,17-18,20H,9-12H2,1-3H3,(H,28,31)/t13?,17?,18?,20-,38?/m0/s1. The van der Waals surface area contributed by atoms with Crippen molar-refractivity contribution in [2.45, 2.75) is 65.7 Å². The summed E-state index contributed by atoms with van der Waals surface area (Å²) in [6.45, 7) is 3.95. The van der Waals surface area contributed by atoms with Crippen molar-refractivity contribution in [2.24, 2.45) is 5.92 Å². The molecule has 2 saturated heterocycles. The van der Waals surface area contributed by atoms with Crippen LogP contribution in [0.15, 0.2) is 30.3 Å². The van der Waals surface area contributed by atoms with Crippen LogP contribution in [0.4, 0.5) is 10.5 Å². The fourth-order valence-electron chi connectivity index (χ4n) is 4.62. The van der Waals surface area contributed by atoms with Gasteiger partial charge in [0.15, 0.2) is 0 Å². The molecule has 14 heteroatoms. The Morgan fingerprint density at radius 3 is 2.42 bits per heavy atom. The molecule has 1 aliphatic carbocycles. The fraction of sp³-hybridized carbons (Fsp3) is 0.583. The number of nitrogens with one attached hydrogen (secondary N) is 1. The van der Waals surface area contributed by atoms with Gasteiger partial charge in [-0.05, 0) is 51.7 Å². The highest BCUT2D eigenvalue weighted by Gasteiger charge is 2.68. The monoisotopic (exact) mass is 607 g/mol. The summed E-state index contributed by atoms with van der Waals surface area (Å²) in [7, 11) is -1.74. The van der Waals surface area contributed by atoms with Gasteiger partial charge in [0.2, 0.25) is 15.6 Å². The van der Waals surface area contributed by atoms with E-state index in [1.165, 1.54) is 4.90 Å². The van der Waals surface area contributed by atoms with Crippen molar-refractivity contribution in [1.29, 1.82) is 0 Å². The van der Waals surface area contributed by atoms with E-state index >= 15 is 0 Å². The Morgan fingerprint density at radius 2 is 1.84 bits per heavy atom. The summed E-state index contributed by atoms with van der Waals surface area (Å²) in [5, 5.41) is 1.62. The van der Waals surface area contributed by atoms with Crippen molar-refractivity contribution in [1.82, 2.24) is 10.2 Å². The highest BCUT2D eigenvalue weighted by molar-refractivity contribution is 7.87. The van der Waals surface area contributed by atoms with E-state index < -0.39 is 73.8 Å². The number of rotatable bonds is 8. The van der Waals surface area contributed by atoms with Crippen LogP contribution < -0.4 is 10.2 Å². The predicted octanol–water partition coefficient (Wildman–Crippen LogP) is 2.90. The molecule has 10 nitrogen and oxygen atoms in total. The second-order valence-electron chi connectivity index (χ2n) is 10.1. The Bertz CT molecular complexity index is 1140. The molecule has 0 aromatic heterocycles. The summed E-state index contributed by atoms with van der Waals surface area (Å²) in [6.07, 6.45) is 0.984. The van der Waals surface area contributed by atoms with Gasteiger partial charge in [0.05, 0.1) is 15.5 Å². The molecule has 1 aromatic carbocycles. The number of alkyl halides is 3. The highest BCUT2D eigenvalue weighted by Crippen LogP contribution is 2.44. The minimum absolute atomic E-state index is 0.292. The van der Waals surface area contributed by atoms with Crippen LogP contribution in [0.2, 0.25) is 0 Å². The summed E-state index contributed by atoms with van der Waals surface area (Å²) in [4.78, 5) is 54.1. The van der Waals surface area contributed by atoms with Crippen LogP contribution in [-0.4, -0.2) is 78.2 Å². The first kappa shape index (κ1) is 28.9. The largest absolute Gasteiger partial charge is 0.460 e. The molecule has 0 radical (unpaired) electrons. The van der Waals surface area contributed by atoms with E-state index in [0.717, 1.165) is 17.7 Å². The van der Waals surface area contributed by atoms with Gasteiger partial charge in [0.1, 0.15) is 36.7 Å². The van der Waals surface area contributed by atoms with Gasteiger partial charge in [0, 0.05) is 5.69 Å². The Hall–Kier alpha value is -2.08. The number of ether oxygens (including phenoxy) is 2. The zero-order valence-corrected chi connectivity index (χ0v) is 24.0. The number of anilines is 1.